The monoisotopic (exact) mass is 162 g/mol. The van der Waals surface area contributed by atoms with Gasteiger partial charge in [0.05, 0.1) is 0 Å². The van der Waals surface area contributed by atoms with Crippen molar-refractivity contribution in [3.8, 4) is 0 Å². The van der Waals surface area contributed by atoms with Crippen LogP contribution in [0.25, 0.3) is 0 Å². The lowest BCUT2D eigenvalue weighted by atomic mass is 10.3. The van der Waals surface area contributed by atoms with Gasteiger partial charge in [0.25, 0.3) is 11.8 Å². The summed E-state index contributed by atoms with van der Waals surface area (Å²) in [6.45, 7) is 0. The van der Waals surface area contributed by atoms with Crippen LogP contribution in [0, 0.1) is 0 Å². The minimum atomic E-state index is -1.27. The van der Waals surface area contributed by atoms with Gasteiger partial charge in [-0.1, -0.05) is 0 Å². The second-order valence-corrected chi connectivity index (χ2v) is 1.62. The number of hydrazine groups is 3. The third-order valence-electron chi connectivity index (χ3n) is 0.976. The Labute approximate surface area is 62.4 Å². The highest BCUT2D eigenvalue weighted by Crippen LogP contribution is 1.78. The SMILES string of the molecule is NNC(=O)C(NN)C(=O)NN. The summed E-state index contributed by atoms with van der Waals surface area (Å²) in [6.07, 6.45) is 0. The molecule has 0 aliphatic heterocycles. The van der Waals surface area contributed by atoms with Gasteiger partial charge in [-0.25, -0.2) is 17.1 Å². The van der Waals surface area contributed by atoms with E-state index in [4.69, 9.17) is 17.5 Å². The molecule has 0 bridgehead atoms. The molecule has 8 heteroatoms. The van der Waals surface area contributed by atoms with Gasteiger partial charge in [-0.15, -0.1) is 0 Å². The molecule has 0 radical (unpaired) electrons. The summed E-state index contributed by atoms with van der Waals surface area (Å²) in [4.78, 5) is 21.3. The van der Waals surface area contributed by atoms with Crippen LogP contribution in [0.4, 0.5) is 0 Å². The topological polar surface area (TPSA) is 148 Å². The number of amides is 2. The fraction of sp³-hybridized carbons (Fsp3) is 0.333. The summed E-state index contributed by atoms with van der Waals surface area (Å²) in [7, 11) is 0. The highest BCUT2D eigenvalue weighted by atomic mass is 16.2. The van der Waals surface area contributed by atoms with Gasteiger partial charge in [0, 0.05) is 0 Å². The molecule has 0 aromatic carbocycles. The predicted octanol–water partition coefficient (Wildman–Crippen LogP) is -4.20. The van der Waals surface area contributed by atoms with E-state index < -0.39 is 17.9 Å². The lowest BCUT2D eigenvalue weighted by Gasteiger charge is -2.10. The molecule has 0 atom stereocenters. The number of rotatable bonds is 3. The minimum absolute atomic E-state index is 0.768. The number of hydrogen-bond donors (Lipinski definition) is 6. The molecule has 0 aromatic heterocycles. The highest BCUT2D eigenvalue weighted by molar-refractivity contribution is 6.03. The van der Waals surface area contributed by atoms with Crippen LogP contribution in [0.1, 0.15) is 0 Å². The largest absolute Gasteiger partial charge is 0.292 e. The average Bonchev–Trinajstić information content (AvgIpc) is 2.05. The highest BCUT2D eigenvalue weighted by Gasteiger charge is 2.23. The number of carbonyl (C=O) groups is 2. The maximum atomic E-state index is 10.6. The smallest absolute Gasteiger partial charge is 0.262 e. The van der Waals surface area contributed by atoms with E-state index in [1.54, 1.807) is 10.9 Å². The fourth-order valence-electron chi connectivity index (χ4n) is 0.437. The molecule has 0 unspecified atom stereocenters. The molecule has 0 saturated heterocycles. The van der Waals surface area contributed by atoms with Crippen molar-refractivity contribution in [2.24, 2.45) is 17.5 Å². The molecule has 64 valence electrons. The zero-order valence-electron chi connectivity index (χ0n) is 5.63. The quantitative estimate of drug-likeness (QED) is 0.107. The van der Waals surface area contributed by atoms with Crippen LogP contribution < -0.4 is 33.8 Å². The molecule has 0 aliphatic carbocycles. The molecule has 0 aromatic rings. The van der Waals surface area contributed by atoms with Crippen molar-refractivity contribution in [3.05, 3.63) is 0 Å². The van der Waals surface area contributed by atoms with E-state index in [1.165, 1.54) is 0 Å². The van der Waals surface area contributed by atoms with Crippen LogP contribution in [-0.2, 0) is 9.59 Å². The van der Waals surface area contributed by atoms with Gasteiger partial charge in [-0.2, -0.15) is 0 Å². The van der Waals surface area contributed by atoms with E-state index in [9.17, 15) is 9.59 Å². The van der Waals surface area contributed by atoms with Crippen molar-refractivity contribution in [2.75, 3.05) is 0 Å². The van der Waals surface area contributed by atoms with Crippen molar-refractivity contribution in [3.63, 3.8) is 0 Å². The van der Waals surface area contributed by atoms with E-state index in [-0.39, 0.29) is 0 Å². The summed E-state index contributed by atoms with van der Waals surface area (Å²) >= 11 is 0. The molecule has 11 heavy (non-hydrogen) atoms. The standard InChI is InChI=1S/C3H10N6O2/c4-7-1(2(10)8-5)3(11)9-6/h1,7H,4-6H2,(H,8,10)(H,9,11). The van der Waals surface area contributed by atoms with Gasteiger partial charge < -0.3 is 0 Å². The number of carbonyl (C=O) groups excluding carboxylic acids is 2. The van der Waals surface area contributed by atoms with Crippen LogP contribution in [0.5, 0.6) is 0 Å². The van der Waals surface area contributed by atoms with Gasteiger partial charge in [-0.3, -0.25) is 26.3 Å². The Morgan fingerprint density at radius 2 is 1.36 bits per heavy atom. The van der Waals surface area contributed by atoms with Crippen LogP contribution >= 0.6 is 0 Å². The van der Waals surface area contributed by atoms with Gasteiger partial charge >= 0.3 is 0 Å². The van der Waals surface area contributed by atoms with Gasteiger partial charge in [0.2, 0.25) is 0 Å². The first-order chi connectivity index (χ1) is 5.17. The lowest BCUT2D eigenvalue weighted by molar-refractivity contribution is -0.132. The number of nitrogens with two attached hydrogens (primary N) is 3. The van der Waals surface area contributed by atoms with Gasteiger partial charge in [-0.05, 0) is 0 Å². The summed E-state index contributed by atoms with van der Waals surface area (Å²) in [5.74, 6) is 12.8. The van der Waals surface area contributed by atoms with E-state index in [2.05, 4.69) is 0 Å². The number of hydrogen-bond acceptors (Lipinski definition) is 6. The van der Waals surface area contributed by atoms with Crippen molar-refractivity contribution < 1.29 is 9.59 Å². The maximum absolute atomic E-state index is 10.6. The Morgan fingerprint density at radius 1 is 1.00 bits per heavy atom. The van der Waals surface area contributed by atoms with Crippen LogP contribution in [-0.4, -0.2) is 17.9 Å². The zero-order chi connectivity index (χ0) is 8.85. The van der Waals surface area contributed by atoms with Gasteiger partial charge in [0.15, 0.2) is 6.04 Å². The Bertz CT molecular complexity index is 142. The fourth-order valence-corrected chi connectivity index (χ4v) is 0.437. The molecule has 0 fully saturated rings. The molecule has 0 aliphatic rings. The normalized spacial score (nSPS) is 9.45. The summed E-state index contributed by atoms with van der Waals surface area (Å²) < 4.78 is 0. The number of nitrogens with one attached hydrogen (secondary N) is 3. The first-order valence-corrected chi connectivity index (χ1v) is 2.64. The zero-order valence-corrected chi connectivity index (χ0v) is 5.63. The molecule has 0 heterocycles. The Kier molecular flexibility index (Phi) is 4.07. The van der Waals surface area contributed by atoms with Gasteiger partial charge in [0.1, 0.15) is 0 Å². The van der Waals surface area contributed by atoms with E-state index >= 15 is 0 Å². The predicted molar refractivity (Wildman–Crippen MR) is 35.8 cm³/mol. The summed E-state index contributed by atoms with van der Waals surface area (Å²) in [5.41, 5.74) is 5.39. The third-order valence-corrected chi connectivity index (χ3v) is 0.976. The second-order valence-electron chi connectivity index (χ2n) is 1.62. The van der Waals surface area contributed by atoms with Crippen molar-refractivity contribution in [1.29, 1.82) is 0 Å². The second kappa shape index (κ2) is 4.57. The summed E-state index contributed by atoms with van der Waals surface area (Å²) in [6, 6.07) is -1.27. The van der Waals surface area contributed by atoms with Crippen molar-refractivity contribution >= 4 is 11.8 Å². The minimum Gasteiger partial charge on any atom is -0.292 e. The van der Waals surface area contributed by atoms with Crippen LogP contribution in [0.15, 0.2) is 0 Å². The molecule has 0 saturated carbocycles. The maximum Gasteiger partial charge on any atom is 0.262 e. The third kappa shape index (κ3) is 2.47. The Balaban J connectivity index is 4.15. The van der Waals surface area contributed by atoms with E-state index in [0.717, 1.165) is 0 Å². The first-order valence-electron chi connectivity index (χ1n) is 2.64. The first kappa shape index (κ1) is 9.78. The van der Waals surface area contributed by atoms with E-state index in [1.807, 2.05) is 5.43 Å². The van der Waals surface area contributed by atoms with Crippen LogP contribution in [0.3, 0.4) is 0 Å². The molecule has 9 N–H and O–H groups in total. The molecule has 0 rings (SSSR count). The average molecular weight is 162 g/mol. The molecule has 2 amide bonds. The Hall–Kier alpha value is -1.22. The van der Waals surface area contributed by atoms with E-state index in [0.29, 0.717) is 0 Å². The Morgan fingerprint density at radius 3 is 1.55 bits per heavy atom. The molecule has 0 spiro atoms. The lowest BCUT2D eigenvalue weighted by Crippen LogP contribution is -2.58. The molecular formula is C3H10N6O2. The van der Waals surface area contributed by atoms with Crippen LogP contribution in [0.2, 0.25) is 0 Å². The molecular weight excluding hydrogens is 152 g/mol. The summed E-state index contributed by atoms with van der Waals surface area (Å²) in [5, 5.41) is 0. The van der Waals surface area contributed by atoms with Crippen molar-refractivity contribution in [1.82, 2.24) is 16.3 Å². The molecule has 8 nitrogen and oxygen atoms in total. The van der Waals surface area contributed by atoms with Crippen molar-refractivity contribution in [2.45, 2.75) is 6.04 Å².